The van der Waals surface area contributed by atoms with Gasteiger partial charge >= 0.3 is 0 Å². The standard InChI is InChI=1S/C15H20N2/c1-11-4-6-13-8-12(5-7-14(13)17-11)9-15(2,3)10-16/h4-8H,9-10,16H2,1-3H3. The van der Waals surface area contributed by atoms with Crippen LogP contribution in [0.2, 0.25) is 0 Å². The van der Waals surface area contributed by atoms with Gasteiger partial charge in [-0.2, -0.15) is 0 Å². The molecule has 0 unspecified atom stereocenters. The Morgan fingerprint density at radius 3 is 2.65 bits per heavy atom. The van der Waals surface area contributed by atoms with Crippen molar-refractivity contribution in [1.82, 2.24) is 4.98 Å². The zero-order chi connectivity index (χ0) is 12.5. The van der Waals surface area contributed by atoms with E-state index in [1.54, 1.807) is 0 Å². The molecule has 0 radical (unpaired) electrons. The Morgan fingerprint density at radius 2 is 1.94 bits per heavy atom. The van der Waals surface area contributed by atoms with Crippen LogP contribution in [0.5, 0.6) is 0 Å². The first kappa shape index (κ1) is 12.1. The summed E-state index contributed by atoms with van der Waals surface area (Å²) in [7, 11) is 0. The van der Waals surface area contributed by atoms with E-state index in [-0.39, 0.29) is 5.41 Å². The van der Waals surface area contributed by atoms with Crippen LogP contribution in [-0.2, 0) is 6.42 Å². The second kappa shape index (κ2) is 4.46. The zero-order valence-corrected chi connectivity index (χ0v) is 10.8. The molecule has 17 heavy (non-hydrogen) atoms. The van der Waals surface area contributed by atoms with Gasteiger partial charge in [0.05, 0.1) is 5.52 Å². The average Bonchev–Trinajstić information content (AvgIpc) is 2.29. The predicted octanol–water partition coefficient (Wildman–Crippen LogP) is 3.07. The number of benzene rings is 1. The lowest BCUT2D eigenvalue weighted by Crippen LogP contribution is -2.25. The summed E-state index contributed by atoms with van der Waals surface area (Å²) < 4.78 is 0. The normalized spacial score (nSPS) is 12.0. The van der Waals surface area contributed by atoms with E-state index in [0.29, 0.717) is 6.54 Å². The minimum atomic E-state index is 0.159. The Bertz CT molecular complexity index is 529. The molecule has 0 amide bonds. The molecular formula is C15H20N2. The first-order chi connectivity index (χ1) is 8.00. The highest BCUT2D eigenvalue weighted by Crippen LogP contribution is 2.23. The van der Waals surface area contributed by atoms with Crippen molar-refractivity contribution < 1.29 is 0 Å². The van der Waals surface area contributed by atoms with Gasteiger partial charge in [0.15, 0.2) is 0 Å². The summed E-state index contributed by atoms with van der Waals surface area (Å²) in [6, 6.07) is 10.7. The van der Waals surface area contributed by atoms with Crippen LogP contribution in [0, 0.1) is 12.3 Å². The van der Waals surface area contributed by atoms with Crippen LogP contribution in [0.4, 0.5) is 0 Å². The van der Waals surface area contributed by atoms with Gasteiger partial charge in [0, 0.05) is 11.1 Å². The number of pyridine rings is 1. The van der Waals surface area contributed by atoms with Gasteiger partial charge in [-0.15, -0.1) is 0 Å². The Morgan fingerprint density at radius 1 is 1.18 bits per heavy atom. The van der Waals surface area contributed by atoms with Gasteiger partial charge in [-0.25, -0.2) is 0 Å². The van der Waals surface area contributed by atoms with E-state index < -0.39 is 0 Å². The molecule has 90 valence electrons. The Hall–Kier alpha value is -1.41. The van der Waals surface area contributed by atoms with Crippen LogP contribution in [0.1, 0.15) is 25.1 Å². The molecule has 1 heterocycles. The average molecular weight is 228 g/mol. The Balaban J connectivity index is 2.35. The largest absolute Gasteiger partial charge is 0.330 e. The molecule has 2 heteroatoms. The lowest BCUT2D eigenvalue weighted by atomic mass is 9.85. The lowest BCUT2D eigenvalue weighted by Gasteiger charge is -2.22. The zero-order valence-electron chi connectivity index (χ0n) is 10.8. The molecule has 0 aliphatic carbocycles. The van der Waals surface area contributed by atoms with Crippen molar-refractivity contribution in [2.24, 2.45) is 11.1 Å². The maximum absolute atomic E-state index is 5.77. The summed E-state index contributed by atoms with van der Waals surface area (Å²) >= 11 is 0. The van der Waals surface area contributed by atoms with Crippen LogP contribution >= 0.6 is 0 Å². The Labute approximate surface area is 103 Å². The van der Waals surface area contributed by atoms with E-state index >= 15 is 0 Å². The van der Waals surface area contributed by atoms with Crippen molar-refractivity contribution in [1.29, 1.82) is 0 Å². The highest BCUT2D eigenvalue weighted by molar-refractivity contribution is 5.79. The fourth-order valence-corrected chi connectivity index (χ4v) is 2.01. The molecule has 0 aliphatic heterocycles. The van der Waals surface area contributed by atoms with Crippen molar-refractivity contribution in [3.63, 3.8) is 0 Å². The van der Waals surface area contributed by atoms with Crippen LogP contribution < -0.4 is 5.73 Å². The fourth-order valence-electron chi connectivity index (χ4n) is 2.01. The summed E-state index contributed by atoms with van der Waals surface area (Å²) in [5, 5.41) is 1.21. The molecule has 0 bridgehead atoms. The third-order valence-corrected chi connectivity index (χ3v) is 3.13. The second-order valence-electron chi connectivity index (χ2n) is 5.52. The monoisotopic (exact) mass is 228 g/mol. The minimum Gasteiger partial charge on any atom is -0.330 e. The van der Waals surface area contributed by atoms with Gasteiger partial charge < -0.3 is 5.73 Å². The van der Waals surface area contributed by atoms with Crippen LogP contribution in [0.25, 0.3) is 10.9 Å². The summed E-state index contributed by atoms with van der Waals surface area (Å²) in [4.78, 5) is 4.51. The first-order valence-corrected chi connectivity index (χ1v) is 6.06. The van der Waals surface area contributed by atoms with Crippen molar-refractivity contribution in [2.45, 2.75) is 27.2 Å². The van der Waals surface area contributed by atoms with Crippen LogP contribution in [0.15, 0.2) is 30.3 Å². The number of hydrogen-bond acceptors (Lipinski definition) is 2. The molecule has 0 saturated heterocycles. The number of hydrogen-bond donors (Lipinski definition) is 1. The third-order valence-electron chi connectivity index (χ3n) is 3.13. The molecule has 0 atom stereocenters. The summed E-state index contributed by atoms with van der Waals surface area (Å²) in [5.41, 5.74) is 9.40. The van der Waals surface area contributed by atoms with Gasteiger partial charge in [-0.1, -0.05) is 26.0 Å². The molecule has 0 aliphatic rings. The highest BCUT2D eigenvalue weighted by atomic mass is 14.7. The van der Waals surface area contributed by atoms with Gasteiger partial charge in [-0.3, -0.25) is 4.98 Å². The molecule has 1 aromatic heterocycles. The first-order valence-electron chi connectivity index (χ1n) is 6.06. The van der Waals surface area contributed by atoms with Gasteiger partial charge in [0.1, 0.15) is 0 Å². The molecule has 0 fully saturated rings. The SMILES string of the molecule is Cc1ccc2cc(CC(C)(C)CN)ccc2n1. The fraction of sp³-hybridized carbons (Fsp3) is 0.400. The molecular weight excluding hydrogens is 208 g/mol. The third kappa shape index (κ3) is 2.83. The summed E-state index contributed by atoms with van der Waals surface area (Å²) in [6.45, 7) is 7.12. The van der Waals surface area contributed by atoms with E-state index in [2.05, 4.69) is 49.2 Å². The molecule has 2 nitrogen and oxygen atoms in total. The quantitative estimate of drug-likeness (QED) is 0.876. The lowest BCUT2D eigenvalue weighted by molar-refractivity contribution is 0.377. The number of aromatic nitrogens is 1. The van der Waals surface area contributed by atoms with Crippen molar-refractivity contribution in [3.05, 3.63) is 41.6 Å². The van der Waals surface area contributed by atoms with Crippen molar-refractivity contribution in [3.8, 4) is 0 Å². The van der Waals surface area contributed by atoms with E-state index in [1.165, 1.54) is 10.9 Å². The molecule has 1 aromatic carbocycles. The van der Waals surface area contributed by atoms with Crippen LogP contribution in [-0.4, -0.2) is 11.5 Å². The topological polar surface area (TPSA) is 38.9 Å². The van der Waals surface area contributed by atoms with E-state index in [1.807, 2.05) is 6.92 Å². The number of fused-ring (bicyclic) bond motifs is 1. The number of nitrogens with two attached hydrogens (primary N) is 1. The minimum absolute atomic E-state index is 0.159. The van der Waals surface area contributed by atoms with E-state index in [4.69, 9.17) is 5.73 Å². The van der Waals surface area contributed by atoms with Crippen LogP contribution in [0.3, 0.4) is 0 Å². The smallest absolute Gasteiger partial charge is 0.0705 e. The molecule has 0 spiro atoms. The number of nitrogens with zero attached hydrogens (tertiary/aromatic N) is 1. The summed E-state index contributed by atoms with van der Waals surface area (Å²) in [6.07, 6.45) is 1.01. The van der Waals surface area contributed by atoms with Crippen molar-refractivity contribution >= 4 is 10.9 Å². The molecule has 0 saturated carbocycles. The maximum atomic E-state index is 5.77. The molecule has 2 rings (SSSR count). The highest BCUT2D eigenvalue weighted by Gasteiger charge is 2.16. The van der Waals surface area contributed by atoms with Gasteiger partial charge in [0.25, 0.3) is 0 Å². The Kier molecular flexibility index (Phi) is 3.16. The van der Waals surface area contributed by atoms with E-state index in [0.717, 1.165) is 17.6 Å². The predicted molar refractivity (Wildman–Crippen MR) is 73.0 cm³/mol. The number of rotatable bonds is 3. The van der Waals surface area contributed by atoms with Gasteiger partial charge in [-0.05, 0) is 49.1 Å². The summed E-state index contributed by atoms with van der Waals surface area (Å²) in [5.74, 6) is 0. The van der Waals surface area contributed by atoms with E-state index in [9.17, 15) is 0 Å². The maximum Gasteiger partial charge on any atom is 0.0705 e. The second-order valence-corrected chi connectivity index (χ2v) is 5.52. The number of aryl methyl sites for hydroxylation is 1. The van der Waals surface area contributed by atoms with Crippen molar-refractivity contribution in [2.75, 3.05) is 6.54 Å². The molecule has 2 aromatic rings. The molecule has 2 N–H and O–H groups in total. The van der Waals surface area contributed by atoms with Gasteiger partial charge in [0.2, 0.25) is 0 Å².